The van der Waals surface area contributed by atoms with Crippen LogP contribution in [0.5, 0.6) is 0 Å². The molecular weight excluding hydrogens is 393 g/mol. The van der Waals surface area contributed by atoms with Crippen LogP contribution in [-0.4, -0.2) is 31.0 Å². The zero-order valence-corrected chi connectivity index (χ0v) is 17.0. The lowest BCUT2D eigenvalue weighted by atomic mass is 10.0. The molecule has 2 N–H and O–H groups in total. The van der Waals surface area contributed by atoms with Crippen LogP contribution in [0, 0.1) is 24.1 Å². The maximum Gasteiger partial charge on any atom is 0.159 e. The molecule has 0 amide bonds. The predicted molar refractivity (Wildman–Crippen MR) is 114 cm³/mol. The second-order valence-electron chi connectivity index (χ2n) is 7.13. The molecule has 154 valence electrons. The molecule has 0 saturated heterocycles. The third-order valence-corrected chi connectivity index (χ3v) is 4.93. The highest BCUT2D eigenvalue weighted by atomic mass is 19.1. The van der Waals surface area contributed by atoms with E-state index in [4.69, 9.17) is 5.73 Å². The monoisotopic (exact) mass is 413 g/mol. The topological polar surface area (TPSA) is 106 Å². The Morgan fingerprint density at radius 3 is 2.65 bits per heavy atom. The van der Waals surface area contributed by atoms with Crippen molar-refractivity contribution in [3.63, 3.8) is 0 Å². The standard InChI is InChI=1S/C23H20FN7/c1-15-30-22(18-7-20(24)12-27-11-18)14-31(15)13-19-6-16(8-26)2-3-21(19)23-28-9-17(4-5-25)10-29-23/h2-3,6-7,9-12,14H,4-5,13,25H2,1H3. The van der Waals surface area contributed by atoms with E-state index in [0.29, 0.717) is 42.2 Å². The van der Waals surface area contributed by atoms with Gasteiger partial charge in [0.25, 0.3) is 0 Å². The molecule has 0 saturated carbocycles. The Labute approximate surface area is 179 Å². The number of nitrogens with two attached hydrogens (primary N) is 1. The molecule has 3 aromatic heterocycles. The first kappa shape index (κ1) is 20.3. The van der Waals surface area contributed by atoms with E-state index in [0.717, 1.165) is 28.7 Å². The van der Waals surface area contributed by atoms with E-state index in [1.807, 2.05) is 29.8 Å². The van der Waals surface area contributed by atoms with Crippen molar-refractivity contribution in [2.75, 3.05) is 6.54 Å². The minimum absolute atomic E-state index is 0.413. The molecule has 0 fully saturated rings. The highest BCUT2D eigenvalue weighted by Crippen LogP contribution is 2.25. The van der Waals surface area contributed by atoms with E-state index < -0.39 is 5.82 Å². The van der Waals surface area contributed by atoms with Gasteiger partial charge in [0.2, 0.25) is 0 Å². The van der Waals surface area contributed by atoms with Gasteiger partial charge in [-0.05, 0) is 55.3 Å². The van der Waals surface area contributed by atoms with Crippen molar-refractivity contribution >= 4 is 0 Å². The molecule has 4 aromatic rings. The van der Waals surface area contributed by atoms with Gasteiger partial charge in [-0.1, -0.05) is 0 Å². The summed E-state index contributed by atoms with van der Waals surface area (Å²) >= 11 is 0. The lowest BCUT2D eigenvalue weighted by Gasteiger charge is -2.11. The maximum absolute atomic E-state index is 13.6. The number of rotatable bonds is 6. The summed E-state index contributed by atoms with van der Waals surface area (Å²) in [6.07, 6.45) is 8.84. The summed E-state index contributed by atoms with van der Waals surface area (Å²) in [6.45, 7) is 2.87. The summed E-state index contributed by atoms with van der Waals surface area (Å²) in [5, 5.41) is 9.36. The minimum atomic E-state index is -0.413. The molecule has 0 aliphatic heterocycles. The van der Waals surface area contributed by atoms with Crippen molar-refractivity contribution in [3.05, 3.63) is 83.6 Å². The van der Waals surface area contributed by atoms with Crippen LogP contribution < -0.4 is 5.73 Å². The van der Waals surface area contributed by atoms with Crippen LogP contribution >= 0.6 is 0 Å². The summed E-state index contributed by atoms with van der Waals surface area (Å²) < 4.78 is 15.5. The Bertz CT molecular complexity index is 1260. The van der Waals surface area contributed by atoms with Crippen LogP contribution in [-0.2, 0) is 13.0 Å². The van der Waals surface area contributed by atoms with E-state index in [-0.39, 0.29) is 0 Å². The van der Waals surface area contributed by atoms with Gasteiger partial charge in [0.1, 0.15) is 11.6 Å². The number of hydrogen-bond donors (Lipinski definition) is 1. The Balaban J connectivity index is 1.70. The molecule has 0 aliphatic carbocycles. The van der Waals surface area contributed by atoms with Crippen LogP contribution in [0.4, 0.5) is 4.39 Å². The fourth-order valence-electron chi connectivity index (χ4n) is 3.34. The third-order valence-electron chi connectivity index (χ3n) is 4.93. The largest absolute Gasteiger partial charge is 0.330 e. The maximum atomic E-state index is 13.6. The minimum Gasteiger partial charge on any atom is -0.330 e. The number of nitriles is 1. The van der Waals surface area contributed by atoms with Gasteiger partial charge >= 0.3 is 0 Å². The van der Waals surface area contributed by atoms with E-state index in [9.17, 15) is 9.65 Å². The molecule has 1 aromatic carbocycles. The molecule has 0 spiro atoms. The summed E-state index contributed by atoms with van der Waals surface area (Å²) in [6, 6.07) is 9.02. The van der Waals surface area contributed by atoms with Crippen molar-refractivity contribution in [2.24, 2.45) is 5.73 Å². The second kappa shape index (κ2) is 8.81. The van der Waals surface area contributed by atoms with E-state index in [2.05, 4.69) is 26.0 Å². The number of aromatic nitrogens is 5. The molecule has 3 heterocycles. The summed E-state index contributed by atoms with van der Waals surface area (Å²) in [5.41, 5.74) is 10.1. The number of aryl methyl sites for hydroxylation is 1. The smallest absolute Gasteiger partial charge is 0.159 e. The Hall–Kier alpha value is -3.96. The van der Waals surface area contributed by atoms with Gasteiger partial charge in [0.15, 0.2) is 5.82 Å². The molecule has 4 rings (SSSR count). The fourth-order valence-corrected chi connectivity index (χ4v) is 3.34. The number of hydrogen-bond acceptors (Lipinski definition) is 6. The third kappa shape index (κ3) is 4.47. The number of imidazole rings is 1. The van der Waals surface area contributed by atoms with Gasteiger partial charge < -0.3 is 10.3 Å². The average molecular weight is 413 g/mol. The zero-order chi connectivity index (χ0) is 21.8. The summed E-state index contributed by atoms with van der Waals surface area (Å²) in [4.78, 5) is 17.4. The summed E-state index contributed by atoms with van der Waals surface area (Å²) in [7, 11) is 0. The van der Waals surface area contributed by atoms with Gasteiger partial charge in [0, 0.05) is 42.5 Å². The summed E-state index contributed by atoms with van der Waals surface area (Å²) in [5.74, 6) is 0.920. The lowest BCUT2D eigenvalue weighted by Crippen LogP contribution is -2.06. The van der Waals surface area contributed by atoms with Gasteiger partial charge in [-0.2, -0.15) is 5.26 Å². The molecule has 0 aliphatic rings. The molecule has 0 atom stereocenters. The number of benzene rings is 1. The predicted octanol–water partition coefficient (Wildman–Crippen LogP) is 3.27. The van der Waals surface area contributed by atoms with Crippen molar-refractivity contribution in [3.8, 4) is 28.7 Å². The van der Waals surface area contributed by atoms with Crippen molar-refractivity contribution in [2.45, 2.75) is 19.9 Å². The van der Waals surface area contributed by atoms with Crippen molar-refractivity contribution < 1.29 is 4.39 Å². The molecule has 0 radical (unpaired) electrons. The van der Waals surface area contributed by atoms with Gasteiger partial charge in [0.05, 0.1) is 23.5 Å². The van der Waals surface area contributed by atoms with E-state index in [1.54, 1.807) is 24.7 Å². The van der Waals surface area contributed by atoms with Crippen LogP contribution in [0.3, 0.4) is 0 Å². The van der Waals surface area contributed by atoms with Crippen molar-refractivity contribution in [1.29, 1.82) is 5.26 Å². The molecular formula is C23H20FN7. The molecule has 0 unspecified atom stereocenters. The lowest BCUT2D eigenvalue weighted by molar-refractivity contribution is 0.622. The first-order chi connectivity index (χ1) is 15.1. The molecule has 8 heteroatoms. The van der Waals surface area contributed by atoms with Gasteiger partial charge in [-0.15, -0.1) is 0 Å². The van der Waals surface area contributed by atoms with E-state index in [1.165, 1.54) is 6.07 Å². The highest BCUT2D eigenvalue weighted by Gasteiger charge is 2.13. The van der Waals surface area contributed by atoms with Crippen LogP contribution in [0.15, 0.2) is 55.2 Å². The average Bonchev–Trinajstić information content (AvgIpc) is 3.15. The molecule has 0 bridgehead atoms. The number of halogens is 1. The Morgan fingerprint density at radius 1 is 1.13 bits per heavy atom. The van der Waals surface area contributed by atoms with Gasteiger partial charge in [-0.3, -0.25) is 4.98 Å². The second-order valence-corrected chi connectivity index (χ2v) is 7.13. The SMILES string of the molecule is Cc1nc(-c2cncc(F)c2)cn1Cc1cc(C#N)ccc1-c1ncc(CCN)cn1. The van der Waals surface area contributed by atoms with Gasteiger partial charge in [-0.25, -0.2) is 19.3 Å². The number of nitrogens with zero attached hydrogens (tertiary/aromatic N) is 6. The zero-order valence-electron chi connectivity index (χ0n) is 17.0. The highest BCUT2D eigenvalue weighted by molar-refractivity contribution is 5.62. The van der Waals surface area contributed by atoms with Crippen LogP contribution in [0.1, 0.15) is 22.5 Å². The van der Waals surface area contributed by atoms with Crippen LogP contribution in [0.2, 0.25) is 0 Å². The van der Waals surface area contributed by atoms with Crippen molar-refractivity contribution in [1.82, 2.24) is 24.5 Å². The quantitative estimate of drug-likeness (QED) is 0.520. The van der Waals surface area contributed by atoms with Crippen LogP contribution in [0.25, 0.3) is 22.6 Å². The molecule has 31 heavy (non-hydrogen) atoms. The fraction of sp³-hybridized carbons (Fsp3) is 0.174. The number of pyridine rings is 1. The first-order valence-corrected chi connectivity index (χ1v) is 9.76. The normalized spacial score (nSPS) is 10.8. The van der Waals surface area contributed by atoms with E-state index >= 15 is 0 Å². The first-order valence-electron chi connectivity index (χ1n) is 9.76. The Morgan fingerprint density at radius 2 is 1.94 bits per heavy atom. The Kier molecular flexibility index (Phi) is 5.78. The molecule has 7 nitrogen and oxygen atoms in total.